The Balaban J connectivity index is 2.63. The van der Waals surface area contributed by atoms with E-state index >= 15 is 0 Å². The lowest BCUT2D eigenvalue weighted by molar-refractivity contribution is 0.0837. The van der Waals surface area contributed by atoms with Gasteiger partial charge in [-0.15, -0.1) is 0 Å². The first-order valence-corrected chi connectivity index (χ1v) is 7.96. The highest BCUT2D eigenvalue weighted by Gasteiger charge is 2.37. The van der Waals surface area contributed by atoms with E-state index in [0.717, 1.165) is 45.7 Å². The molecule has 0 aromatic carbocycles. The Hall–Kier alpha value is -0.160. The van der Waals surface area contributed by atoms with Gasteiger partial charge >= 0.3 is 0 Å². The molecule has 1 atom stereocenters. The van der Waals surface area contributed by atoms with Crippen molar-refractivity contribution in [2.75, 3.05) is 39.5 Å². The molecule has 0 aromatic rings. The van der Waals surface area contributed by atoms with Gasteiger partial charge in [0.1, 0.15) is 0 Å². The maximum Gasteiger partial charge on any atom is 0.0547 e. The van der Waals surface area contributed by atoms with Crippen LogP contribution in [0.3, 0.4) is 0 Å². The van der Waals surface area contributed by atoms with E-state index in [1.54, 1.807) is 0 Å². The summed E-state index contributed by atoms with van der Waals surface area (Å²) in [6, 6.07) is 0.508. The molecular weight excluding hydrogens is 252 g/mol. The molecule has 0 amide bonds. The Labute approximate surface area is 124 Å². The van der Waals surface area contributed by atoms with Crippen LogP contribution in [0.15, 0.2) is 0 Å². The van der Waals surface area contributed by atoms with Crippen LogP contribution in [0.5, 0.6) is 0 Å². The normalized spacial score (nSPS) is 24.0. The largest absolute Gasteiger partial charge is 0.396 e. The molecule has 0 radical (unpaired) electrons. The van der Waals surface area contributed by atoms with Gasteiger partial charge < -0.3 is 20.1 Å². The Bertz CT molecular complexity index is 268. The van der Waals surface area contributed by atoms with Crippen molar-refractivity contribution < 1.29 is 9.84 Å². The third-order valence-electron chi connectivity index (χ3n) is 4.05. The maximum absolute atomic E-state index is 9.07. The SMILES string of the molecule is CC(C)N(CCCO)CC1(CNC(C)(C)C)CCOC1. The van der Waals surface area contributed by atoms with Crippen LogP contribution in [0, 0.1) is 5.41 Å². The number of hydrogen-bond acceptors (Lipinski definition) is 4. The van der Waals surface area contributed by atoms with Gasteiger partial charge in [0, 0.05) is 49.8 Å². The highest BCUT2D eigenvalue weighted by atomic mass is 16.5. The lowest BCUT2D eigenvalue weighted by Crippen LogP contribution is -2.50. The summed E-state index contributed by atoms with van der Waals surface area (Å²) >= 11 is 0. The van der Waals surface area contributed by atoms with E-state index in [9.17, 15) is 0 Å². The molecule has 1 fully saturated rings. The number of aliphatic hydroxyl groups excluding tert-OH is 1. The third-order valence-corrected chi connectivity index (χ3v) is 4.05. The van der Waals surface area contributed by atoms with Gasteiger partial charge in [0.15, 0.2) is 0 Å². The fraction of sp³-hybridized carbons (Fsp3) is 1.00. The number of nitrogens with one attached hydrogen (secondary N) is 1. The first kappa shape index (κ1) is 17.9. The summed E-state index contributed by atoms with van der Waals surface area (Å²) in [7, 11) is 0. The zero-order valence-corrected chi connectivity index (χ0v) is 14.0. The lowest BCUT2D eigenvalue weighted by Gasteiger charge is -2.38. The smallest absolute Gasteiger partial charge is 0.0547 e. The van der Waals surface area contributed by atoms with Crippen molar-refractivity contribution in [2.24, 2.45) is 5.41 Å². The van der Waals surface area contributed by atoms with Gasteiger partial charge in [0.05, 0.1) is 6.61 Å². The highest BCUT2D eigenvalue weighted by molar-refractivity contribution is 4.91. The van der Waals surface area contributed by atoms with Crippen LogP contribution in [-0.4, -0.2) is 61.0 Å². The van der Waals surface area contributed by atoms with E-state index < -0.39 is 0 Å². The van der Waals surface area contributed by atoms with Crippen LogP contribution in [0.4, 0.5) is 0 Å². The summed E-state index contributed by atoms with van der Waals surface area (Å²) in [5.74, 6) is 0. The predicted molar refractivity (Wildman–Crippen MR) is 84.0 cm³/mol. The van der Waals surface area contributed by atoms with E-state index in [2.05, 4.69) is 44.8 Å². The standard InChI is InChI=1S/C16H34N2O2/c1-14(2)18(8-6-9-19)12-16(7-10-20-13-16)11-17-15(3,4)5/h14,17,19H,6-13H2,1-5H3. The monoisotopic (exact) mass is 286 g/mol. The molecule has 0 bridgehead atoms. The molecule has 2 N–H and O–H groups in total. The quantitative estimate of drug-likeness (QED) is 0.715. The molecule has 4 nitrogen and oxygen atoms in total. The van der Waals surface area contributed by atoms with Gasteiger partial charge in [-0.1, -0.05) is 0 Å². The Morgan fingerprint density at radius 3 is 2.50 bits per heavy atom. The molecule has 1 saturated heterocycles. The molecule has 1 aliphatic rings. The van der Waals surface area contributed by atoms with Crippen LogP contribution in [0.25, 0.3) is 0 Å². The number of rotatable bonds is 8. The van der Waals surface area contributed by atoms with Gasteiger partial charge in [-0.05, 0) is 47.5 Å². The fourth-order valence-corrected chi connectivity index (χ4v) is 2.65. The second-order valence-electron chi connectivity index (χ2n) is 7.55. The molecule has 0 aliphatic carbocycles. The number of aliphatic hydroxyl groups is 1. The van der Waals surface area contributed by atoms with Crippen molar-refractivity contribution >= 4 is 0 Å². The van der Waals surface area contributed by atoms with E-state index in [-0.39, 0.29) is 17.6 Å². The van der Waals surface area contributed by atoms with E-state index in [1.165, 1.54) is 0 Å². The second-order valence-corrected chi connectivity index (χ2v) is 7.55. The second kappa shape index (κ2) is 7.74. The molecule has 1 aliphatic heterocycles. The van der Waals surface area contributed by atoms with Crippen molar-refractivity contribution in [3.8, 4) is 0 Å². The molecule has 0 aromatic heterocycles. The summed E-state index contributed by atoms with van der Waals surface area (Å²) in [4.78, 5) is 2.48. The number of hydrogen-bond donors (Lipinski definition) is 2. The van der Waals surface area contributed by atoms with E-state index in [4.69, 9.17) is 9.84 Å². The van der Waals surface area contributed by atoms with Crippen LogP contribution in [0.2, 0.25) is 0 Å². The highest BCUT2D eigenvalue weighted by Crippen LogP contribution is 2.30. The van der Waals surface area contributed by atoms with Crippen LogP contribution in [0.1, 0.15) is 47.5 Å². The Morgan fingerprint density at radius 2 is 2.05 bits per heavy atom. The first-order valence-electron chi connectivity index (χ1n) is 7.96. The Kier molecular flexibility index (Phi) is 6.92. The maximum atomic E-state index is 9.07. The zero-order chi connectivity index (χ0) is 15.2. The number of ether oxygens (including phenoxy) is 1. The fourth-order valence-electron chi connectivity index (χ4n) is 2.65. The minimum atomic E-state index is 0.142. The summed E-state index contributed by atoms with van der Waals surface area (Å²) in [5, 5.41) is 12.7. The van der Waals surface area contributed by atoms with Gasteiger partial charge in [-0.3, -0.25) is 0 Å². The molecule has 1 rings (SSSR count). The van der Waals surface area contributed by atoms with Gasteiger partial charge in [-0.25, -0.2) is 0 Å². The molecule has 120 valence electrons. The topological polar surface area (TPSA) is 44.7 Å². The van der Waals surface area contributed by atoms with Crippen molar-refractivity contribution in [1.82, 2.24) is 10.2 Å². The molecule has 4 heteroatoms. The van der Waals surface area contributed by atoms with Crippen molar-refractivity contribution in [1.29, 1.82) is 0 Å². The summed E-state index contributed by atoms with van der Waals surface area (Å²) < 4.78 is 5.69. The average molecular weight is 286 g/mol. The third kappa shape index (κ3) is 6.08. The van der Waals surface area contributed by atoms with Crippen LogP contribution >= 0.6 is 0 Å². The summed E-state index contributed by atoms with van der Waals surface area (Å²) in [6.45, 7) is 16.1. The molecule has 0 saturated carbocycles. The Morgan fingerprint density at radius 1 is 1.35 bits per heavy atom. The van der Waals surface area contributed by atoms with Crippen molar-refractivity contribution in [3.63, 3.8) is 0 Å². The number of nitrogens with zero attached hydrogens (tertiary/aromatic N) is 1. The molecular formula is C16H34N2O2. The van der Waals surface area contributed by atoms with Crippen LogP contribution < -0.4 is 5.32 Å². The summed E-state index contributed by atoms with van der Waals surface area (Å²) in [5.41, 5.74) is 0.357. The van der Waals surface area contributed by atoms with E-state index in [0.29, 0.717) is 6.04 Å². The van der Waals surface area contributed by atoms with Gasteiger partial charge in [0.25, 0.3) is 0 Å². The zero-order valence-electron chi connectivity index (χ0n) is 14.0. The molecule has 20 heavy (non-hydrogen) atoms. The van der Waals surface area contributed by atoms with Crippen molar-refractivity contribution in [3.05, 3.63) is 0 Å². The van der Waals surface area contributed by atoms with Crippen molar-refractivity contribution in [2.45, 2.75) is 59.0 Å². The summed E-state index contributed by atoms with van der Waals surface area (Å²) in [6.07, 6.45) is 1.97. The minimum Gasteiger partial charge on any atom is -0.396 e. The van der Waals surface area contributed by atoms with Gasteiger partial charge in [0.2, 0.25) is 0 Å². The molecule has 1 heterocycles. The first-order chi connectivity index (χ1) is 9.28. The van der Waals surface area contributed by atoms with Gasteiger partial charge in [-0.2, -0.15) is 0 Å². The van der Waals surface area contributed by atoms with Crippen LogP contribution in [-0.2, 0) is 4.74 Å². The molecule has 0 spiro atoms. The predicted octanol–water partition coefficient (Wildman–Crippen LogP) is 1.87. The average Bonchev–Trinajstić information content (AvgIpc) is 2.80. The lowest BCUT2D eigenvalue weighted by atomic mass is 9.85. The molecule has 1 unspecified atom stereocenters. The minimum absolute atomic E-state index is 0.142. The van der Waals surface area contributed by atoms with E-state index in [1.807, 2.05) is 0 Å².